The van der Waals surface area contributed by atoms with E-state index in [0.717, 1.165) is 32.1 Å². The molecule has 64 heavy (non-hydrogen) atoms. The minimum Gasteiger partial charge on any atom is -0.491 e. The molecule has 3 aromatic rings. The molecule has 6 aliphatic carbocycles. The number of hydrogen-bond acceptors (Lipinski definition) is 5. The smallest absolute Gasteiger partial charge is 0.130 e. The number of para-hydroxylation sites is 1. The highest BCUT2D eigenvalue weighted by atomic mass is 16.5. The molecule has 10 unspecified atom stereocenters. The molecule has 12 rings (SSSR count). The highest BCUT2D eigenvalue weighted by molar-refractivity contribution is 5.68. The average molecular weight is 843 g/mol. The van der Waals surface area contributed by atoms with Crippen molar-refractivity contribution in [3.63, 3.8) is 0 Å². The van der Waals surface area contributed by atoms with E-state index in [1.807, 2.05) is 0 Å². The van der Waals surface area contributed by atoms with Crippen molar-refractivity contribution in [2.75, 3.05) is 4.90 Å². The predicted molar refractivity (Wildman–Crippen MR) is 261 cm³/mol. The Morgan fingerprint density at radius 2 is 1.59 bits per heavy atom. The zero-order valence-electron chi connectivity index (χ0n) is 37.4. The van der Waals surface area contributed by atoms with Gasteiger partial charge in [0.15, 0.2) is 0 Å². The van der Waals surface area contributed by atoms with E-state index in [4.69, 9.17) is 4.74 Å². The van der Waals surface area contributed by atoms with Gasteiger partial charge in [0.05, 0.1) is 24.0 Å². The van der Waals surface area contributed by atoms with Crippen molar-refractivity contribution in [3.05, 3.63) is 220 Å². The van der Waals surface area contributed by atoms with Gasteiger partial charge in [-0.15, -0.1) is 0 Å². The third-order valence-corrected chi connectivity index (χ3v) is 16.0. The summed E-state index contributed by atoms with van der Waals surface area (Å²) in [5, 5.41) is 12.6. The van der Waals surface area contributed by atoms with Gasteiger partial charge in [0.1, 0.15) is 11.9 Å². The Morgan fingerprint density at radius 1 is 0.781 bits per heavy atom. The molecular formula is C59H62N4O. The van der Waals surface area contributed by atoms with E-state index in [2.05, 4.69) is 199 Å². The summed E-state index contributed by atoms with van der Waals surface area (Å²) in [5.74, 6) is 2.81. The Bertz CT molecular complexity index is 2620. The average Bonchev–Trinajstić information content (AvgIpc) is 3.91. The molecule has 5 nitrogen and oxygen atoms in total. The van der Waals surface area contributed by atoms with Gasteiger partial charge in [-0.1, -0.05) is 165 Å². The zero-order valence-corrected chi connectivity index (χ0v) is 37.4. The van der Waals surface area contributed by atoms with Gasteiger partial charge in [-0.3, -0.25) is 16.0 Å². The van der Waals surface area contributed by atoms with E-state index in [1.165, 1.54) is 80.8 Å². The molecule has 3 N–H and O–H groups in total. The largest absolute Gasteiger partial charge is 0.491 e. The summed E-state index contributed by atoms with van der Waals surface area (Å²) in [7, 11) is 0. The quantitative estimate of drug-likeness (QED) is 0.207. The van der Waals surface area contributed by atoms with Crippen molar-refractivity contribution < 1.29 is 4.74 Å². The Labute approximate surface area is 380 Å². The van der Waals surface area contributed by atoms with Crippen LogP contribution in [0.5, 0.6) is 0 Å². The fourth-order valence-corrected chi connectivity index (χ4v) is 12.9. The van der Waals surface area contributed by atoms with E-state index in [9.17, 15) is 0 Å². The third-order valence-electron chi connectivity index (χ3n) is 16.0. The van der Waals surface area contributed by atoms with Crippen LogP contribution in [-0.2, 0) is 10.4 Å². The number of ether oxygens (including phenoxy) is 1. The first-order valence-corrected chi connectivity index (χ1v) is 24.4. The van der Waals surface area contributed by atoms with E-state index in [0.29, 0.717) is 23.8 Å². The number of rotatable bonds is 7. The highest BCUT2D eigenvalue weighted by Gasteiger charge is 2.54. The van der Waals surface area contributed by atoms with Crippen LogP contribution in [0.3, 0.4) is 0 Å². The standard InChI is InChI=1S/C59H62N4O/c1-38-18-12-13-27-45(38)57-60-58(62-59(2,61-57)43-23-8-4-9-24-43)51-37-42(41-22-16-21-40(36-41)39-19-6-3-7-20-39)32-33-46(51)48-29-17-31-53-54(48)50-35-34-49-47-28-14-15-30-52(47)63(55(49)56(50)64-53)44-25-10-5-11-26-44/h3-4,6-10,12-16,18-20,22-25,27-30,34-38,40,44-45,49-50,55-58,60-62H,5,11,17,21,26,31-33H2,1-2H3/t38?,40?,44?,45?,49?,50?,55?,56?,57?,58-,59?/m1/s1. The molecule has 9 aliphatic rings. The summed E-state index contributed by atoms with van der Waals surface area (Å²) in [6.45, 7) is 4.69. The highest BCUT2D eigenvalue weighted by Crippen LogP contribution is 2.56. The van der Waals surface area contributed by atoms with Gasteiger partial charge in [0.25, 0.3) is 0 Å². The summed E-state index contributed by atoms with van der Waals surface area (Å²) < 4.78 is 7.42. The summed E-state index contributed by atoms with van der Waals surface area (Å²) >= 11 is 0. The van der Waals surface area contributed by atoms with Crippen LogP contribution in [0.15, 0.2) is 203 Å². The lowest BCUT2D eigenvalue weighted by Gasteiger charge is -2.50. The molecule has 5 heteroatoms. The van der Waals surface area contributed by atoms with Gasteiger partial charge in [-0.05, 0) is 108 Å². The lowest BCUT2D eigenvalue weighted by atomic mass is 9.72. The molecular weight excluding hydrogens is 781 g/mol. The molecule has 0 spiro atoms. The maximum atomic E-state index is 7.42. The van der Waals surface area contributed by atoms with E-state index < -0.39 is 5.66 Å². The van der Waals surface area contributed by atoms with Crippen LogP contribution in [0.25, 0.3) is 0 Å². The monoisotopic (exact) mass is 842 g/mol. The Balaban J connectivity index is 0.968. The number of fused-ring (bicyclic) bond motifs is 6. The van der Waals surface area contributed by atoms with Crippen LogP contribution in [0.2, 0.25) is 0 Å². The molecule has 0 amide bonds. The number of benzene rings is 3. The molecule has 3 aliphatic heterocycles. The molecule has 1 fully saturated rings. The van der Waals surface area contributed by atoms with Gasteiger partial charge < -0.3 is 9.64 Å². The molecule has 1 saturated heterocycles. The second-order valence-electron chi connectivity index (χ2n) is 19.8. The van der Waals surface area contributed by atoms with Crippen LogP contribution in [0, 0.1) is 17.8 Å². The fourth-order valence-electron chi connectivity index (χ4n) is 12.9. The van der Waals surface area contributed by atoms with Gasteiger partial charge >= 0.3 is 0 Å². The van der Waals surface area contributed by atoms with Crippen LogP contribution >= 0.6 is 0 Å². The Kier molecular flexibility index (Phi) is 10.3. The van der Waals surface area contributed by atoms with Crippen LogP contribution < -0.4 is 20.9 Å². The van der Waals surface area contributed by atoms with Gasteiger partial charge in [0, 0.05) is 47.4 Å². The second kappa shape index (κ2) is 16.5. The molecule has 11 atom stereocenters. The first-order valence-electron chi connectivity index (χ1n) is 24.4. The summed E-state index contributed by atoms with van der Waals surface area (Å²) in [4.78, 5) is 2.77. The molecule has 3 heterocycles. The Hall–Kier alpha value is -5.46. The number of allylic oxidation sites excluding steroid dienone is 13. The van der Waals surface area contributed by atoms with Crippen molar-refractivity contribution >= 4 is 5.69 Å². The summed E-state index contributed by atoms with van der Waals surface area (Å²) in [5.41, 5.74) is 13.5. The maximum Gasteiger partial charge on any atom is 0.130 e. The maximum absolute atomic E-state index is 7.42. The molecule has 0 radical (unpaired) electrons. The first kappa shape index (κ1) is 40.1. The molecule has 0 aromatic heterocycles. The van der Waals surface area contributed by atoms with E-state index in [1.54, 1.807) is 0 Å². The molecule has 324 valence electrons. The van der Waals surface area contributed by atoms with Crippen LogP contribution in [0.4, 0.5) is 5.69 Å². The first-order chi connectivity index (χ1) is 31.5. The SMILES string of the molecule is CC1C=CC=CC1C1N[C@@H](C2=C(C3=CCCC4=C3C3C=CC5c6ccccc6N(C6C=CCCC6)C5C3O4)CCC(C3=CC(c4ccccc4)CC=C3)=C2)NC(C)(c2ccccc2)N1. The number of nitrogens with one attached hydrogen (secondary N) is 3. The lowest BCUT2D eigenvalue weighted by molar-refractivity contribution is 0.0839. The van der Waals surface area contributed by atoms with Crippen molar-refractivity contribution in [3.8, 4) is 0 Å². The van der Waals surface area contributed by atoms with Crippen molar-refractivity contribution in [1.82, 2.24) is 16.0 Å². The number of anilines is 1. The zero-order chi connectivity index (χ0) is 42.8. The summed E-state index contributed by atoms with van der Waals surface area (Å²) in [6, 6.07) is 31.9. The molecule has 0 bridgehead atoms. The van der Waals surface area contributed by atoms with E-state index >= 15 is 0 Å². The van der Waals surface area contributed by atoms with Gasteiger partial charge in [-0.2, -0.15) is 0 Å². The predicted octanol–water partition coefficient (Wildman–Crippen LogP) is 12.0. The van der Waals surface area contributed by atoms with Crippen LogP contribution in [0.1, 0.15) is 93.7 Å². The van der Waals surface area contributed by atoms with Crippen molar-refractivity contribution in [2.45, 2.75) is 113 Å². The minimum atomic E-state index is -0.481. The Morgan fingerprint density at radius 3 is 2.44 bits per heavy atom. The topological polar surface area (TPSA) is 48.6 Å². The molecule has 0 saturated carbocycles. The molecule has 3 aromatic carbocycles. The normalized spacial score (nSPS) is 35.0. The van der Waals surface area contributed by atoms with Gasteiger partial charge in [0.2, 0.25) is 0 Å². The van der Waals surface area contributed by atoms with Crippen LogP contribution in [-0.4, -0.2) is 30.5 Å². The van der Waals surface area contributed by atoms with E-state index in [-0.39, 0.29) is 36.3 Å². The number of nitrogens with zero attached hydrogens (tertiary/aromatic N) is 1. The van der Waals surface area contributed by atoms with Crippen molar-refractivity contribution in [1.29, 1.82) is 0 Å². The van der Waals surface area contributed by atoms with Crippen molar-refractivity contribution in [2.24, 2.45) is 17.8 Å². The lowest BCUT2D eigenvalue weighted by Crippen LogP contribution is -2.73. The van der Waals surface area contributed by atoms with Gasteiger partial charge in [-0.25, -0.2) is 0 Å². The third kappa shape index (κ3) is 6.94. The second-order valence-corrected chi connectivity index (χ2v) is 19.8. The minimum absolute atomic E-state index is 0.0350. The fraction of sp³-hybridized carbons (Fsp3) is 0.356. The number of hydrogen-bond donors (Lipinski definition) is 3. The summed E-state index contributed by atoms with van der Waals surface area (Å²) in [6.07, 6.45) is 40.3.